The molecule has 0 radical (unpaired) electrons. The van der Waals surface area contributed by atoms with Crippen LogP contribution >= 0.6 is 15.9 Å². The zero-order valence-electron chi connectivity index (χ0n) is 8.85. The molecule has 3 N–H and O–H groups in total. The van der Waals surface area contributed by atoms with Crippen molar-refractivity contribution in [3.63, 3.8) is 0 Å². The molecule has 0 unspecified atom stereocenters. The molecule has 0 atom stereocenters. The maximum atomic E-state index is 11.1. The molecule has 0 saturated carbocycles. The van der Waals surface area contributed by atoms with Gasteiger partial charge in [0.05, 0.1) is 0 Å². The van der Waals surface area contributed by atoms with E-state index >= 15 is 0 Å². The lowest BCUT2D eigenvalue weighted by Crippen LogP contribution is -2.10. The van der Waals surface area contributed by atoms with E-state index in [1.54, 1.807) is 30.3 Å². The number of phenolic OH excluding ortho intramolecular Hbond substituents is 1. The molecule has 0 aliphatic carbocycles. The number of halogens is 1. The van der Waals surface area contributed by atoms with Gasteiger partial charge in [-0.2, -0.15) is 0 Å². The number of phenols is 1. The second-order valence-electron chi connectivity index (χ2n) is 3.64. The van der Waals surface area contributed by atoms with E-state index < -0.39 is 5.91 Å². The van der Waals surface area contributed by atoms with Crippen LogP contribution in [0.15, 0.2) is 46.9 Å². The molecule has 17 heavy (non-hydrogen) atoms. The normalized spacial score (nSPS) is 10.2. The summed E-state index contributed by atoms with van der Waals surface area (Å²) < 4.78 is 0.775. The number of carbonyl (C=O) groups excluding carboxylic acids is 1. The van der Waals surface area contributed by atoms with E-state index in [0.29, 0.717) is 5.56 Å². The second-order valence-corrected chi connectivity index (χ2v) is 4.56. The summed E-state index contributed by atoms with van der Waals surface area (Å²) in [5.41, 5.74) is 7.32. The average molecular weight is 292 g/mol. The molecule has 0 bridgehead atoms. The van der Waals surface area contributed by atoms with Gasteiger partial charge in [0.1, 0.15) is 5.75 Å². The Hall–Kier alpha value is -1.81. The minimum atomic E-state index is -0.467. The van der Waals surface area contributed by atoms with Crippen molar-refractivity contribution < 1.29 is 9.90 Å². The molecule has 0 aromatic heterocycles. The van der Waals surface area contributed by atoms with E-state index in [-0.39, 0.29) is 5.75 Å². The lowest BCUT2D eigenvalue weighted by molar-refractivity contribution is 0.100. The first-order valence-electron chi connectivity index (χ1n) is 4.96. The topological polar surface area (TPSA) is 63.3 Å². The van der Waals surface area contributed by atoms with Crippen LogP contribution in [-0.4, -0.2) is 11.0 Å². The van der Waals surface area contributed by atoms with Gasteiger partial charge in [-0.25, -0.2) is 0 Å². The van der Waals surface area contributed by atoms with Crippen molar-refractivity contribution in [2.45, 2.75) is 0 Å². The molecule has 1 amide bonds. The molecule has 3 nitrogen and oxygen atoms in total. The summed E-state index contributed by atoms with van der Waals surface area (Å²) in [5.74, 6) is -0.301. The standard InChI is InChI=1S/C13H10BrNO2/c14-11-5-10(6-12(16)7-11)8-2-1-3-9(4-8)13(15)17/h1-7,16H,(H2,15,17). The monoisotopic (exact) mass is 291 g/mol. The van der Waals surface area contributed by atoms with Gasteiger partial charge in [0.15, 0.2) is 0 Å². The first-order valence-corrected chi connectivity index (χ1v) is 5.75. The first kappa shape index (κ1) is 11.7. The molecular formula is C13H10BrNO2. The van der Waals surface area contributed by atoms with Crippen molar-refractivity contribution >= 4 is 21.8 Å². The fraction of sp³-hybridized carbons (Fsp3) is 0. The van der Waals surface area contributed by atoms with Crippen LogP contribution in [0, 0.1) is 0 Å². The highest BCUT2D eigenvalue weighted by Gasteiger charge is 2.05. The summed E-state index contributed by atoms with van der Waals surface area (Å²) >= 11 is 3.31. The summed E-state index contributed by atoms with van der Waals surface area (Å²) in [7, 11) is 0. The van der Waals surface area contributed by atoms with Gasteiger partial charge in [-0.1, -0.05) is 28.1 Å². The number of benzene rings is 2. The Morgan fingerprint density at radius 2 is 1.88 bits per heavy atom. The Morgan fingerprint density at radius 1 is 1.12 bits per heavy atom. The largest absolute Gasteiger partial charge is 0.508 e. The van der Waals surface area contributed by atoms with Crippen LogP contribution in [0.5, 0.6) is 5.75 Å². The molecule has 0 saturated heterocycles. The summed E-state index contributed by atoms with van der Waals surface area (Å²) in [6, 6.07) is 12.1. The Morgan fingerprint density at radius 3 is 2.53 bits per heavy atom. The summed E-state index contributed by atoms with van der Waals surface area (Å²) in [6.07, 6.45) is 0. The van der Waals surface area contributed by atoms with Gasteiger partial charge < -0.3 is 10.8 Å². The molecular weight excluding hydrogens is 282 g/mol. The third-order valence-electron chi connectivity index (χ3n) is 2.36. The van der Waals surface area contributed by atoms with E-state index in [1.165, 1.54) is 0 Å². The van der Waals surface area contributed by atoms with Crippen LogP contribution in [-0.2, 0) is 0 Å². The predicted octanol–water partition coefficient (Wildman–Crippen LogP) is 2.92. The minimum absolute atomic E-state index is 0.166. The minimum Gasteiger partial charge on any atom is -0.508 e. The van der Waals surface area contributed by atoms with Crippen molar-refractivity contribution in [1.82, 2.24) is 0 Å². The van der Waals surface area contributed by atoms with Gasteiger partial charge in [-0.05, 0) is 41.5 Å². The zero-order chi connectivity index (χ0) is 12.4. The fourth-order valence-electron chi connectivity index (χ4n) is 1.59. The van der Waals surface area contributed by atoms with Gasteiger partial charge in [0, 0.05) is 10.0 Å². The highest BCUT2D eigenvalue weighted by molar-refractivity contribution is 9.10. The number of amides is 1. The molecule has 86 valence electrons. The van der Waals surface area contributed by atoms with E-state index in [0.717, 1.165) is 15.6 Å². The number of carbonyl (C=O) groups is 1. The van der Waals surface area contributed by atoms with Crippen molar-refractivity contribution in [1.29, 1.82) is 0 Å². The number of primary amides is 1. The van der Waals surface area contributed by atoms with E-state index in [1.807, 2.05) is 12.1 Å². The quantitative estimate of drug-likeness (QED) is 0.894. The van der Waals surface area contributed by atoms with Crippen molar-refractivity contribution in [2.75, 3.05) is 0 Å². The lowest BCUT2D eigenvalue weighted by Gasteiger charge is -2.05. The van der Waals surface area contributed by atoms with E-state index in [9.17, 15) is 9.90 Å². The molecule has 2 aromatic rings. The van der Waals surface area contributed by atoms with Crippen molar-refractivity contribution in [3.8, 4) is 16.9 Å². The Kier molecular flexibility index (Phi) is 3.15. The third-order valence-corrected chi connectivity index (χ3v) is 2.82. The van der Waals surface area contributed by atoms with Crippen LogP contribution in [0.3, 0.4) is 0 Å². The molecule has 0 aliphatic heterocycles. The average Bonchev–Trinajstić information content (AvgIpc) is 2.28. The summed E-state index contributed by atoms with van der Waals surface area (Å²) in [5, 5.41) is 9.51. The van der Waals surface area contributed by atoms with Crippen molar-refractivity contribution in [2.24, 2.45) is 5.73 Å². The number of hydrogen-bond acceptors (Lipinski definition) is 2. The van der Waals surface area contributed by atoms with Crippen LogP contribution in [0.25, 0.3) is 11.1 Å². The van der Waals surface area contributed by atoms with Crippen LogP contribution in [0.2, 0.25) is 0 Å². The number of hydrogen-bond donors (Lipinski definition) is 2. The molecule has 0 fully saturated rings. The highest BCUT2D eigenvalue weighted by atomic mass is 79.9. The van der Waals surface area contributed by atoms with Crippen LogP contribution < -0.4 is 5.73 Å². The first-order chi connectivity index (χ1) is 8.06. The molecule has 0 spiro atoms. The van der Waals surface area contributed by atoms with Gasteiger partial charge in [-0.3, -0.25) is 4.79 Å². The predicted molar refractivity (Wildman–Crippen MR) is 69.8 cm³/mol. The maximum absolute atomic E-state index is 11.1. The van der Waals surface area contributed by atoms with Crippen LogP contribution in [0.4, 0.5) is 0 Å². The zero-order valence-corrected chi connectivity index (χ0v) is 10.4. The SMILES string of the molecule is NC(=O)c1cccc(-c2cc(O)cc(Br)c2)c1. The van der Waals surface area contributed by atoms with Crippen LogP contribution in [0.1, 0.15) is 10.4 Å². The smallest absolute Gasteiger partial charge is 0.248 e. The van der Waals surface area contributed by atoms with Crippen molar-refractivity contribution in [3.05, 3.63) is 52.5 Å². The Labute approximate surface area is 107 Å². The molecule has 0 aliphatic rings. The number of nitrogens with two attached hydrogens (primary N) is 1. The summed E-state index contributed by atoms with van der Waals surface area (Å²) in [4.78, 5) is 11.1. The maximum Gasteiger partial charge on any atom is 0.248 e. The van der Waals surface area contributed by atoms with E-state index in [2.05, 4.69) is 15.9 Å². The number of rotatable bonds is 2. The fourth-order valence-corrected chi connectivity index (χ4v) is 2.07. The second kappa shape index (κ2) is 4.59. The van der Waals surface area contributed by atoms with E-state index in [4.69, 9.17) is 5.73 Å². The summed E-state index contributed by atoms with van der Waals surface area (Å²) in [6.45, 7) is 0. The van der Waals surface area contributed by atoms with Gasteiger partial charge in [0.25, 0.3) is 0 Å². The van der Waals surface area contributed by atoms with Gasteiger partial charge >= 0.3 is 0 Å². The Balaban J connectivity index is 2.52. The highest BCUT2D eigenvalue weighted by Crippen LogP contribution is 2.28. The lowest BCUT2D eigenvalue weighted by atomic mass is 10.0. The molecule has 2 rings (SSSR count). The Bertz CT molecular complexity index is 561. The number of aromatic hydroxyl groups is 1. The molecule has 0 heterocycles. The third kappa shape index (κ3) is 2.65. The molecule has 2 aromatic carbocycles. The van der Waals surface area contributed by atoms with Gasteiger partial charge in [0.2, 0.25) is 5.91 Å². The molecule has 4 heteroatoms. The van der Waals surface area contributed by atoms with Gasteiger partial charge in [-0.15, -0.1) is 0 Å².